The predicted molar refractivity (Wildman–Crippen MR) is 57.2 cm³/mol. The summed E-state index contributed by atoms with van der Waals surface area (Å²) < 4.78 is 1.81. The van der Waals surface area contributed by atoms with Gasteiger partial charge in [-0.3, -0.25) is 4.79 Å². The van der Waals surface area contributed by atoms with Gasteiger partial charge in [-0.1, -0.05) is 30.4 Å². The van der Waals surface area contributed by atoms with Crippen LogP contribution >= 0.6 is 0 Å². The predicted octanol–water partition coefficient (Wildman–Crippen LogP) is 2.03. The van der Waals surface area contributed by atoms with E-state index in [0.717, 1.165) is 16.5 Å². The SMILES string of the molecule is O=c1ccc2cccc3c2n1CC=C3. The molecule has 3 rings (SSSR count). The zero-order valence-electron chi connectivity index (χ0n) is 7.60. The molecule has 1 aliphatic rings. The van der Waals surface area contributed by atoms with E-state index in [-0.39, 0.29) is 5.56 Å². The quantitative estimate of drug-likeness (QED) is 0.612. The summed E-state index contributed by atoms with van der Waals surface area (Å²) in [6.07, 6.45) is 4.09. The van der Waals surface area contributed by atoms with Crippen molar-refractivity contribution < 1.29 is 0 Å². The molecule has 0 aliphatic carbocycles. The maximum atomic E-state index is 11.6. The Morgan fingerprint density at radius 1 is 1.14 bits per heavy atom. The van der Waals surface area contributed by atoms with Gasteiger partial charge in [-0.2, -0.15) is 0 Å². The summed E-state index contributed by atoms with van der Waals surface area (Å²) in [5.74, 6) is 0. The molecule has 0 radical (unpaired) electrons. The first-order valence-electron chi connectivity index (χ1n) is 4.65. The third-order valence-electron chi connectivity index (χ3n) is 2.63. The third-order valence-corrected chi connectivity index (χ3v) is 2.63. The van der Waals surface area contributed by atoms with Crippen molar-refractivity contribution in [3.05, 3.63) is 52.3 Å². The van der Waals surface area contributed by atoms with Gasteiger partial charge >= 0.3 is 0 Å². The van der Waals surface area contributed by atoms with Gasteiger partial charge in [0.25, 0.3) is 5.56 Å². The highest BCUT2D eigenvalue weighted by molar-refractivity contribution is 5.88. The van der Waals surface area contributed by atoms with Crippen LogP contribution in [0.3, 0.4) is 0 Å². The summed E-state index contributed by atoms with van der Waals surface area (Å²) in [7, 11) is 0. The molecule has 0 fully saturated rings. The van der Waals surface area contributed by atoms with Gasteiger partial charge in [-0.15, -0.1) is 0 Å². The van der Waals surface area contributed by atoms with E-state index in [9.17, 15) is 4.79 Å². The lowest BCUT2D eigenvalue weighted by Gasteiger charge is -2.13. The summed E-state index contributed by atoms with van der Waals surface area (Å²) in [5, 5.41) is 1.13. The molecule has 0 N–H and O–H groups in total. The highest BCUT2D eigenvalue weighted by atomic mass is 16.1. The number of hydrogen-bond donors (Lipinski definition) is 0. The summed E-state index contributed by atoms with van der Waals surface area (Å²) >= 11 is 0. The Kier molecular flexibility index (Phi) is 1.39. The molecule has 1 aromatic carbocycles. The van der Waals surface area contributed by atoms with Crippen LogP contribution in [0.1, 0.15) is 5.56 Å². The highest BCUT2D eigenvalue weighted by Crippen LogP contribution is 2.21. The summed E-state index contributed by atoms with van der Waals surface area (Å²) in [6, 6.07) is 9.60. The molecule has 2 heteroatoms. The Bertz CT molecular complexity index is 593. The molecule has 2 nitrogen and oxygen atoms in total. The molecule has 0 saturated carbocycles. The van der Waals surface area contributed by atoms with E-state index in [4.69, 9.17) is 0 Å². The molecular weight excluding hydrogens is 174 g/mol. The Balaban J connectivity index is 2.62. The van der Waals surface area contributed by atoms with Gasteiger partial charge < -0.3 is 4.57 Å². The van der Waals surface area contributed by atoms with Crippen LogP contribution in [0.2, 0.25) is 0 Å². The minimum absolute atomic E-state index is 0.0781. The zero-order chi connectivity index (χ0) is 9.54. The van der Waals surface area contributed by atoms with E-state index >= 15 is 0 Å². The van der Waals surface area contributed by atoms with Crippen LogP contribution in [0.25, 0.3) is 17.0 Å². The molecule has 0 bridgehead atoms. The molecule has 0 spiro atoms. The van der Waals surface area contributed by atoms with Crippen LogP contribution in [0.15, 0.2) is 41.2 Å². The van der Waals surface area contributed by atoms with Gasteiger partial charge in [0.1, 0.15) is 0 Å². The van der Waals surface area contributed by atoms with E-state index in [1.807, 2.05) is 34.9 Å². The maximum absolute atomic E-state index is 11.6. The third kappa shape index (κ3) is 0.880. The highest BCUT2D eigenvalue weighted by Gasteiger charge is 2.07. The number of allylic oxidation sites excluding steroid dienone is 1. The minimum Gasteiger partial charge on any atom is -0.304 e. The first-order valence-corrected chi connectivity index (χ1v) is 4.65. The average Bonchev–Trinajstić information content (AvgIpc) is 2.24. The molecule has 14 heavy (non-hydrogen) atoms. The standard InChI is InChI=1S/C12H9NO/c14-11-7-6-10-4-1-3-9-5-2-8-13(11)12(9)10/h1-7H,8H2. The fourth-order valence-electron chi connectivity index (χ4n) is 1.99. The van der Waals surface area contributed by atoms with Crippen LogP contribution in [0, 0.1) is 0 Å². The van der Waals surface area contributed by atoms with Crippen molar-refractivity contribution in [3.63, 3.8) is 0 Å². The number of pyridine rings is 1. The maximum Gasteiger partial charge on any atom is 0.251 e. The van der Waals surface area contributed by atoms with E-state index in [2.05, 4.69) is 6.08 Å². The fourth-order valence-corrected chi connectivity index (χ4v) is 1.99. The lowest BCUT2D eigenvalue weighted by molar-refractivity contribution is 0.812. The van der Waals surface area contributed by atoms with Gasteiger partial charge in [0.15, 0.2) is 0 Å². The molecule has 0 amide bonds. The van der Waals surface area contributed by atoms with Crippen LogP contribution < -0.4 is 5.56 Å². The number of rotatable bonds is 0. The number of para-hydroxylation sites is 1. The monoisotopic (exact) mass is 183 g/mol. The summed E-state index contributed by atoms with van der Waals surface area (Å²) in [4.78, 5) is 11.6. The number of benzene rings is 1. The second kappa shape index (κ2) is 2.58. The Morgan fingerprint density at radius 2 is 2.07 bits per heavy atom. The zero-order valence-corrected chi connectivity index (χ0v) is 7.60. The van der Waals surface area contributed by atoms with Crippen molar-refractivity contribution >= 4 is 17.0 Å². The minimum atomic E-state index is 0.0781. The molecule has 1 aliphatic heterocycles. The lowest BCUT2D eigenvalue weighted by atomic mass is 10.1. The fraction of sp³-hybridized carbons (Fsp3) is 0.0833. The van der Waals surface area contributed by atoms with Crippen molar-refractivity contribution in [2.75, 3.05) is 0 Å². The first-order chi connectivity index (χ1) is 6.86. The van der Waals surface area contributed by atoms with E-state index in [0.29, 0.717) is 6.54 Å². The van der Waals surface area contributed by atoms with E-state index in [1.165, 1.54) is 0 Å². The first kappa shape index (κ1) is 7.56. The van der Waals surface area contributed by atoms with Gasteiger partial charge in [0.2, 0.25) is 0 Å². The Hall–Kier alpha value is -1.83. The average molecular weight is 183 g/mol. The van der Waals surface area contributed by atoms with Gasteiger partial charge in [-0.25, -0.2) is 0 Å². The molecule has 2 heterocycles. The number of hydrogen-bond acceptors (Lipinski definition) is 1. The van der Waals surface area contributed by atoms with E-state index < -0.39 is 0 Å². The van der Waals surface area contributed by atoms with Crippen LogP contribution in [-0.2, 0) is 6.54 Å². The van der Waals surface area contributed by atoms with Crippen LogP contribution in [0.4, 0.5) is 0 Å². The van der Waals surface area contributed by atoms with Crippen LogP contribution in [-0.4, -0.2) is 4.57 Å². The normalized spacial score (nSPS) is 13.4. The lowest BCUT2D eigenvalue weighted by Crippen LogP contribution is -2.20. The summed E-state index contributed by atoms with van der Waals surface area (Å²) in [5.41, 5.74) is 2.27. The molecule has 0 saturated heterocycles. The summed E-state index contributed by atoms with van der Waals surface area (Å²) in [6.45, 7) is 0.688. The smallest absolute Gasteiger partial charge is 0.251 e. The second-order valence-corrected chi connectivity index (χ2v) is 3.47. The molecule has 0 unspecified atom stereocenters. The van der Waals surface area contributed by atoms with Crippen molar-refractivity contribution in [2.24, 2.45) is 0 Å². The number of nitrogens with zero attached hydrogens (tertiary/aromatic N) is 1. The molecule has 2 aromatic rings. The molecule has 68 valence electrons. The topological polar surface area (TPSA) is 22.0 Å². The Morgan fingerprint density at radius 3 is 3.00 bits per heavy atom. The molecule has 1 aromatic heterocycles. The van der Waals surface area contributed by atoms with E-state index in [1.54, 1.807) is 6.07 Å². The second-order valence-electron chi connectivity index (χ2n) is 3.47. The van der Waals surface area contributed by atoms with Gasteiger partial charge in [0, 0.05) is 12.6 Å². The van der Waals surface area contributed by atoms with Crippen LogP contribution in [0.5, 0.6) is 0 Å². The Labute approximate surface area is 81.1 Å². The number of aromatic nitrogens is 1. The van der Waals surface area contributed by atoms with Crippen molar-refractivity contribution in [1.82, 2.24) is 4.57 Å². The van der Waals surface area contributed by atoms with Crippen molar-refractivity contribution in [3.8, 4) is 0 Å². The van der Waals surface area contributed by atoms with Crippen molar-refractivity contribution in [2.45, 2.75) is 6.54 Å². The molecular formula is C12H9NO. The molecule has 0 atom stereocenters. The largest absolute Gasteiger partial charge is 0.304 e. The van der Waals surface area contributed by atoms with Gasteiger partial charge in [0.05, 0.1) is 5.52 Å². The van der Waals surface area contributed by atoms with Crippen molar-refractivity contribution in [1.29, 1.82) is 0 Å². The van der Waals surface area contributed by atoms with Gasteiger partial charge in [-0.05, 0) is 17.0 Å².